The molecular formula is C6H13NO2. The third kappa shape index (κ3) is 3.97. The first-order valence-corrected chi connectivity index (χ1v) is 3.10. The van der Waals surface area contributed by atoms with E-state index < -0.39 is 0 Å². The van der Waals surface area contributed by atoms with Gasteiger partial charge in [0.15, 0.2) is 0 Å². The molecule has 0 atom stereocenters. The van der Waals surface area contributed by atoms with Crippen molar-refractivity contribution < 1.29 is 9.88 Å². The van der Waals surface area contributed by atoms with Gasteiger partial charge >= 0.3 is 0 Å². The molecule has 9 heavy (non-hydrogen) atoms. The summed E-state index contributed by atoms with van der Waals surface area (Å²) in [5.74, 6) is 0. The number of rotatable bonds is 4. The fourth-order valence-corrected chi connectivity index (χ4v) is 0.469. The Bertz CT molecular complexity index is 85.1. The molecule has 0 N–H and O–H groups in total. The monoisotopic (exact) mass is 131 g/mol. The molecule has 0 saturated carbocycles. The summed E-state index contributed by atoms with van der Waals surface area (Å²) in [5.41, 5.74) is 1.01. The molecule has 0 rings (SSSR count). The van der Waals surface area contributed by atoms with Crippen LogP contribution < -0.4 is 0 Å². The van der Waals surface area contributed by atoms with Crippen molar-refractivity contribution in [1.29, 1.82) is 0 Å². The lowest BCUT2D eigenvalue weighted by Gasteiger charge is -1.95. The molecule has 0 aliphatic heterocycles. The van der Waals surface area contributed by atoms with Gasteiger partial charge in [0.05, 0.1) is 12.8 Å². The SMILES string of the molecule is CCC(CC)=NOOC. The van der Waals surface area contributed by atoms with Crippen LogP contribution in [0.15, 0.2) is 5.16 Å². The lowest BCUT2D eigenvalue weighted by molar-refractivity contribution is -0.273. The number of nitrogens with zero attached hydrogens (tertiary/aromatic N) is 1. The Hall–Kier alpha value is -0.570. The lowest BCUT2D eigenvalue weighted by atomic mass is 10.2. The number of hydrogen-bond acceptors (Lipinski definition) is 3. The number of hydrogen-bond donors (Lipinski definition) is 0. The topological polar surface area (TPSA) is 30.8 Å². The minimum Gasteiger partial charge on any atom is -0.221 e. The molecule has 0 spiro atoms. The van der Waals surface area contributed by atoms with E-state index in [2.05, 4.69) is 15.0 Å². The Labute approximate surface area is 55.6 Å². The maximum Gasteiger partial charge on any atom is 0.0856 e. The van der Waals surface area contributed by atoms with E-state index in [1.165, 1.54) is 7.11 Å². The Morgan fingerprint density at radius 2 is 1.89 bits per heavy atom. The van der Waals surface area contributed by atoms with Crippen LogP contribution >= 0.6 is 0 Å². The molecule has 0 unspecified atom stereocenters. The Morgan fingerprint density at radius 1 is 1.33 bits per heavy atom. The minimum absolute atomic E-state index is 0.917. The summed E-state index contributed by atoms with van der Waals surface area (Å²) in [6, 6.07) is 0. The molecular weight excluding hydrogens is 118 g/mol. The summed E-state index contributed by atoms with van der Waals surface area (Å²) in [4.78, 5) is 8.65. The average molecular weight is 131 g/mol. The summed E-state index contributed by atoms with van der Waals surface area (Å²) in [7, 11) is 1.44. The van der Waals surface area contributed by atoms with Crippen molar-refractivity contribution in [1.82, 2.24) is 0 Å². The first kappa shape index (κ1) is 8.43. The minimum atomic E-state index is 0.917. The molecule has 0 heterocycles. The van der Waals surface area contributed by atoms with Crippen LogP contribution in [0.1, 0.15) is 26.7 Å². The van der Waals surface area contributed by atoms with E-state index in [1.54, 1.807) is 0 Å². The van der Waals surface area contributed by atoms with Gasteiger partial charge in [-0.25, -0.2) is 4.99 Å². The summed E-state index contributed by atoms with van der Waals surface area (Å²) < 4.78 is 0. The van der Waals surface area contributed by atoms with E-state index in [0.29, 0.717) is 0 Å². The highest BCUT2D eigenvalue weighted by molar-refractivity contribution is 5.83. The maximum atomic E-state index is 4.37. The quantitative estimate of drug-likeness (QED) is 0.330. The highest BCUT2D eigenvalue weighted by atomic mass is 17.3. The van der Waals surface area contributed by atoms with Crippen molar-refractivity contribution in [3.8, 4) is 0 Å². The first-order chi connectivity index (χ1) is 4.35. The molecule has 54 valence electrons. The molecule has 0 aromatic carbocycles. The van der Waals surface area contributed by atoms with Crippen LogP contribution in [-0.2, 0) is 9.88 Å². The maximum absolute atomic E-state index is 4.37. The van der Waals surface area contributed by atoms with Gasteiger partial charge in [-0.15, -0.1) is 0 Å². The standard InChI is InChI=1S/C6H13NO2/c1-4-6(5-2)7-9-8-3/h4-5H2,1-3H3. The first-order valence-electron chi connectivity index (χ1n) is 3.10. The molecule has 0 aromatic heterocycles. The fraction of sp³-hybridized carbons (Fsp3) is 0.833. The highest BCUT2D eigenvalue weighted by Crippen LogP contribution is 1.91. The van der Waals surface area contributed by atoms with Gasteiger partial charge < -0.3 is 0 Å². The van der Waals surface area contributed by atoms with Crippen LogP contribution in [0, 0.1) is 0 Å². The molecule has 3 nitrogen and oxygen atoms in total. The highest BCUT2D eigenvalue weighted by Gasteiger charge is 1.90. The Balaban J connectivity index is 3.48. The predicted octanol–water partition coefficient (Wildman–Crippen LogP) is 1.74. The van der Waals surface area contributed by atoms with Crippen LogP contribution in [0.4, 0.5) is 0 Å². The smallest absolute Gasteiger partial charge is 0.0856 e. The summed E-state index contributed by atoms with van der Waals surface area (Å²) in [5, 5.41) is 3.67. The summed E-state index contributed by atoms with van der Waals surface area (Å²) in [6.45, 7) is 4.06. The molecule has 0 radical (unpaired) electrons. The van der Waals surface area contributed by atoms with Gasteiger partial charge in [-0.05, 0) is 12.8 Å². The van der Waals surface area contributed by atoms with Crippen LogP contribution in [-0.4, -0.2) is 12.8 Å². The van der Waals surface area contributed by atoms with E-state index in [4.69, 9.17) is 0 Å². The zero-order valence-corrected chi connectivity index (χ0v) is 6.18. The van der Waals surface area contributed by atoms with Crippen molar-refractivity contribution in [3.05, 3.63) is 0 Å². The summed E-state index contributed by atoms with van der Waals surface area (Å²) >= 11 is 0. The second kappa shape index (κ2) is 5.56. The van der Waals surface area contributed by atoms with Crippen molar-refractivity contribution in [2.75, 3.05) is 7.11 Å². The van der Waals surface area contributed by atoms with Crippen molar-refractivity contribution in [3.63, 3.8) is 0 Å². The third-order valence-corrected chi connectivity index (χ3v) is 1.06. The van der Waals surface area contributed by atoms with Gasteiger partial charge in [0, 0.05) is 0 Å². The van der Waals surface area contributed by atoms with E-state index in [1.807, 2.05) is 13.8 Å². The largest absolute Gasteiger partial charge is 0.221 e. The lowest BCUT2D eigenvalue weighted by Crippen LogP contribution is -1.94. The molecule has 0 aliphatic rings. The second-order valence-corrected chi connectivity index (χ2v) is 1.61. The fourth-order valence-electron chi connectivity index (χ4n) is 0.469. The van der Waals surface area contributed by atoms with Crippen LogP contribution in [0.25, 0.3) is 0 Å². The molecule has 0 fully saturated rings. The van der Waals surface area contributed by atoms with Gasteiger partial charge in [-0.1, -0.05) is 19.0 Å². The zero-order valence-electron chi connectivity index (χ0n) is 6.18. The molecule has 3 heteroatoms. The van der Waals surface area contributed by atoms with Gasteiger partial charge in [-0.2, -0.15) is 4.89 Å². The van der Waals surface area contributed by atoms with Gasteiger partial charge in [0.1, 0.15) is 0 Å². The van der Waals surface area contributed by atoms with Crippen molar-refractivity contribution in [2.45, 2.75) is 26.7 Å². The van der Waals surface area contributed by atoms with Crippen molar-refractivity contribution in [2.24, 2.45) is 5.16 Å². The third-order valence-electron chi connectivity index (χ3n) is 1.06. The number of oxime groups is 1. The second-order valence-electron chi connectivity index (χ2n) is 1.61. The van der Waals surface area contributed by atoms with Gasteiger partial charge in [-0.3, -0.25) is 0 Å². The van der Waals surface area contributed by atoms with E-state index in [0.717, 1.165) is 18.6 Å². The molecule has 0 saturated heterocycles. The molecule has 0 amide bonds. The normalized spacial score (nSPS) is 8.78. The summed E-state index contributed by atoms with van der Waals surface area (Å²) in [6.07, 6.45) is 1.83. The van der Waals surface area contributed by atoms with Crippen molar-refractivity contribution >= 4 is 5.71 Å². The van der Waals surface area contributed by atoms with Gasteiger partial charge in [0.2, 0.25) is 0 Å². The van der Waals surface area contributed by atoms with Crippen LogP contribution in [0.3, 0.4) is 0 Å². The van der Waals surface area contributed by atoms with Crippen LogP contribution in [0.5, 0.6) is 0 Å². The van der Waals surface area contributed by atoms with E-state index in [-0.39, 0.29) is 0 Å². The Kier molecular flexibility index (Phi) is 5.21. The molecule has 0 aliphatic carbocycles. The molecule has 0 bridgehead atoms. The van der Waals surface area contributed by atoms with Crippen LogP contribution in [0.2, 0.25) is 0 Å². The van der Waals surface area contributed by atoms with Gasteiger partial charge in [0.25, 0.3) is 0 Å². The Morgan fingerprint density at radius 3 is 2.22 bits per heavy atom. The predicted molar refractivity (Wildman–Crippen MR) is 36.1 cm³/mol. The van der Waals surface area contributed by atoms with E-state index in [9.17, 15) is 0 Å². The van der Waals surface area contributed by atoms with E-state index >= 15 is 0 Å². The molecule has 0 aromatic rings. The zero-order chi connectivity index (χ0) is 7.11. The average Bonchev–Trinajstić information content (AvgIpc) is 1.91.